The number of ether oxygens (including phenoxy) is 1. The number of rotatable bonds is 8. The van der Waals surface area contributed by atoms with Gasteiger partial charge in [0.2, 0.25) is 0 Å². The van der Waals surface area contributed by atoms with E-state index in [0.717, 1.165) is 12.8 Å². The maximum absolute atomic E-state index is 11.6. The van der Waals surface area contributed by atoms with Gasteiger partial charge in [-0.05, 0) is 33.1 Å². The standard InChI is InChI=1S/C13H27NO2/c1-5-7-8-9-10-11(3)16-12(15)13(4,14)6-2/h11H,5-10,14H2,1-4H3. The molecule has 0 aliphatic rings. The van der Waals surface area contributed by atoms with E-state index in [4.69, 9.17) is 10.5 Å². The Balaban J connectivity index is 3.78. The molecule has 0 aromatic rings. The molecule has 3 heteroatoms. The van der Waals surface area contributed by atoms with Gasteiger partial charge in [-0.2, -0.15) is 0 Å². The van der Waals surface area contributed by atoms with Crippen LogP contribution in [-0.4, -0.2) is 17.6 Å². The lowest BCUT2D eigenvalue weighted by atomic mass is 10.0. The highest BCUT2D eigenvalue weighted by atomic mass is 16.5. The molecule has 0 bridgehead atoms. The molecule has 0 fully saturated rings. The molecule has 96 valence electrons. The van der Waals surface area contributed by atoms with Crippen LogP contribution in [0.25, 0.3) is 0 Å². The number of carbonyl (C=O) groups is 1. The van der Waals surface area contributed by atoms with Gasteiger partial charge in [0.05, 0.1) is 6.10 Å². The quantitative estimate of drug-likeness (QED) is 0.514. The van der Waals surface area contributed by atoms with Crippen molar-refractivity contribution >= 4 is 5.97 Å². The highest BCUT2D eigenvalue weighted by Gasteiger charge is 2.28. The molecule has 16 heavy (non-hydrogen) atoms. The van der Waals surface area contributed by atoms with E-state index in [1.165, 1.54) is 19.3 Å². The first-order valence-corrected chi connectivity index (χ1v) is 6.44. The minimum Gasteiger partial charge on any atom is -0.461 e. The van der Waals surface area contributed by atoms with Gasteiger partial charge in [-0.15, -0.1) is 0 Å². The molecule has 0 amide bonds. The minimum absolute atomic E-state index is 0.0150. The average Bonchev–Trinajstić information content (AvgIpc) is 2.24. The first-order valence-electron chi connectivity index (χ1n) is 6.44. The molecule has 2 unspecified atom stereocenters. The van der Waals surface area contributed by atoms with E-state index in [2.05, 4.69) is 6.92 Å². The highest BCUT2D eigenvalue weighted by molar-refractivity contribution is 5.80. The number of nitrogens with two attached hydrogens (primary N) is 1. The van der Waals surface area contributed by atoms with E-state index in [1.54, 1.807) is 6.92 Å². The molecular formula is C13H27NO2. The molecule has 0 spiro atoms. The predicted octanol–water partition coefficient (Wildman–Crippen LogP) is 3.02. The van der Waals surface area contributed by atoms with Crippen LogP contribution in [0.4, 0.5) is 0 Å². The van der Waals surface area contributed by atoms with Gasteiger partial charge < -0.3 is 10.5 Å². The molecule has 0 saturated heterocycles. The summed E-state index contributed by atoms with van der Waals surface area (Å²) in [6.45, 7) is 7.74. The lowest BCUT2D eigenvalue weighted by molar-refractivity contribution is -0.154. The van der Waals surface area contributed by atoms with Crippen LogP contribution in [0, 0.1) is 0 Å². The molecule has 0 aromatic heterocycles. The SMILES string of the molecule is CCCCCCC(C)OC(=O)C(C)(N)CC. The maximum Gasteiger partial charge on any atom is 0.326 e. The summed E-state index contributed by atoms with van der Waals surface area (Å²) in [5.74, 6) is -0.280. The van der Waals surface area contributed by atoms with Gasteiger partial charge in [-0.25, -0.2) is 0 Å². The van der Waals surface area contributed by atoms with Crippen molar-refractivity contribution in [3.8, 4) is 0 Å². The van der Waals surface area contributed by atoms with Crippen LogP contribution in [0.2, 0.25) is 0 Å². The zero-order valence-electron chi connectivity index (χ0n) is 11.2. The largest absolute Gasteiger partial charge is 0.461 e. The summed E-state index contributed by atoms with van der Waals surface area (Å²) in [6, 6.07) is 0. The number of hydrogen-bond acceptors (Lipinski definition) is 3. The first-order chi connectivity index (χ1) is 7.44. The fourth-order valence-corrected chi connectivity index (χ4v) is 1.38. The van der Waals surface area contributed by atoms with E-state index in [1.807, 2.05) is 13.8 Å². The average molecular weight is 229 g/mol. The Morgan fingerprint density at radius 1 is 1.31 bits per heavy atom. The molecule has 0 heterocycles. The molecule has 0 aromatic carbocycles. The number of hydrogen-bond donors (Lipinski definition) is 1. The molecule has 2 atom stereocenters. The number of unbranched alkanes of at least 4 members (excludes halogenated alkanes) is 3. The Labute approximate surface area is 99.7 Å². The van der Waals surface area contributed by atoms with Crippen LogP contribution in [0.15, 0.2) is 0 Å². The second kappa shape index (κ2) is 7.66. The van der Waals surface area contributed by atoms with Crippen LogP contribution in [0.5, 0.6) is 0 Å². The van der Waals surface area contributed by atoms with Gasteiger partial charge in [-0.1, -0.05) is 33.1 Å². The number of esters is 1. The highest BCUT2D eigenvalue weighted by Crippen LogP contribution is 2.13. The Kier molecular flexibility index (Phi) is 7.39. The molecule has 0 rings (SSSR count). The minimum atomic E-state index is -0.836. The van der Waals surface area contributed by atoms with Crippen molar-refractivity contribution in [3.05, 3.63) is 0 Å². The van der Waals surface area contributed by atoms with Crippen LogP contribution in [0.1, 0.15) is 66.2 Å². The fraction of sp³-hybridized carbons (Fsp3) is 0.923. The third-order valence-corrected chi connectivity index (χ3v) is 2.97. The zero-order chi connectivity index (χ0) is 12.6. The Bertz CT molecular complexity index is 202. The zero-order valence-corrected chi connectivity index (χ0v) is 11.2. The fourth-order valence-electron chi connectivity index (χ4n) is 1.38. The summed E-state index contributed by atoms with van der Waals surface area (Å²) in [6.07, 6.45) is 6.34. The van der Waals surface area contributed by atoms with E-state index in [0.29, 0.717) is 6.42 Å². The predicted molar refractivity (Wildman–Crippen MR) is 67.2 cm³/mol. The molecular weight excluding hydrogens is 202 g/mol. The van der Waals surface area contributed by atoms with Gasteiger partial charge >= 0.3 is 5.97 Å². The second-order valence-corrected chi connectivity index (χ2v) is 4.84. The summed E-state index contributed by atoms with van der Waals surface area (Å²) >= 11 is 0. The topological polar surface area (TPSA) is 52.3 Å². The molecule has 3 nitrogen and oxygen atoms in total. The Morgan fingerprint density at radius 3 is 2.44 bits per heavy atom. The van der Waals surface area contributed by atoms with Crippen molar-refractivity contribution in [1.29, 1.82) is 0 Å². The van der Waals surface area contributed by atoms with Crippen LogP contribution in [-0.2, 0) is 9.53 Å². The summed E-state index contributed by atoms with van der Waals surface area (Å²) in [7, 11) is 0. The van der Waals surface area contributed by atoms with E-state index in [9.17, 15) is 4.79 Å². The lowest BCUT2D eigenvalue weighted by Crippen LogP contribution is -2.46. The van der Waals surface area contributed by atoms with Crippen molar-refractivity contribution < 1.29 is 9.53 Å². The summed E-state index contributed by atoms with van der Waals surface area (Å²) in [5, 5.41) is 0. The third-order valence-electron chi connectivity index (χ3n) is 2.97. The van der Waals surface area contributed by atoms with Crippen LogP contribution in [0.3, 0.4) is 0 Å². The lowest BCUT2D eigenvalue weighted by Gasteiger charge is -2.23. The summed E-state index contributed by atoms with van der Waals surface area (Å²) < 4.78 is 5.32. The maximum atomic E-state index is 11.6. The van der Waals surface area contributed by atoms with Crippen LogP contribution >= 0.6 is 0 Å². The Morgan fingerprint density at radius 2 is 1.94 bits per heavy atom. The molecule has 0 radical (unpaired) electrons. The van der Waals surface area contributed by atoms with E-state index < -0.39 is 5.54 Å². The van der Waals surface area contributed by atoms with Gasteiger partial charge in [0, 0.05) is 0 Å². The monoisotopic (exact) mass is 229 g/mol. The molecule has 2 N–H and O–H groups in total. The van der Waals surface area contributed by atoms with Crippen molar-refractivity contribution in [1.82, 2.24) is 0 Å². The summed E-state index contributed by atoms with van der Waals surface area (Å²) in [5.41, 5.74) is 4.97. The Hall–Kier alpha value is -0.570. The van der Waals surface area contributed by atoms with Crippen molar-refractivity contribution in [3.63, 3.8) is 0 Å². The number of carbonyl (C=O) groups excluding carboxylic acids is 1. The molecule has 0 saturated carbocycles. The van der Waals surface area contributed by atoms with Crippen molar-refractivity contribution in [2.75, 3.05) is 0 Å². The van der Waals surface area contributed by atoms with Gasteiger partial charge in [0.1, 0.15) is 5.54 Å². The smallest absolute Gasteiger partial charge is 0.326 e. The van der Waals surface area contributed by atoms with E-state index in [-0.39, 0.29) is 12.1 Å². The van der Waals surface area contributed by atoms with Crippen molar-refractivity contribution in [2.24, 2.45) is 5.73 Å². The normalized spacial score (nSPS) is 16.6. The van der Waals surface area contributed by atoms with Crippen molar-refractivity contribution in [2.45, 2.75) is 77.9 Å². The van der Waals surface area contributed by atoms with Gasteiger partial charge in [-0.3, -0.25) is 4.79 Å². The first kappa shape index (κ1) is 15.4. The van der Waals surface area contributed by atoms with Crippen LogP contribution < -0.4 is 5.73 Å². The molecule has 0 aliphatic heterocycles. The third kappa shape index (κ3) is 6.11. The van der Waals surface area contributed by atoms with Gasteiger partial charge in [0.15, 0.2) is 0 Å². The van der Waals surface area contributed by atoms with Gasteiger partial charge in [0.25, 0.3) is 0 Å². The van der Waals surface area contributed by atoms with E-state index >= 15 is 0 Å². The second-order valence-electron chi connectivity index (χ2n) is 4.84. The molecule has 0 aliphatic carbocycles. The summed E-state index contributed by atoms with van der Waals surface area (Å²) in [4.78, 5) is 11.6.